The summed E-state index contributed by atoms with van der Waals surface area (Å²) in [5.41, 5.74) is 1.32. The Labute approximate surface area is 97.6 Å². The second-order valence-corrected chi connectivity index (χ2v) is 4.59. The third kappa shape index (κ3) is 3.24. The topological polar surface area (TPSA) is 21.8 Å². The first-order chi connectivity index (χ1) is 7.79. The molecule has 2 atom stereocenters. The van der Waals surface area contributed by atoms with Crippen molar-refractivity contribution < 1.29 is 9.47 Å². The fourth-order valence-corrected chi connectivity index (χ4v) is 1.68. The van der Waals surface area contributed by atoms with E-state index in [0.717, 1.165) is 18.8 Å². The van der Waals surface area contributed by atoms with Gasteiger partial charge in [0.2, 0.25) is 0 Å². The van der Waals surface area contributed by atoms with E-state index in [2.05, 4.69) is 32.0 Å². The molecule has 1 saturated heterocycles. The van der Waals surface area contributed by atoms with Gasteiger partial charge in [-0.15, -0.1) is 0 Å². The first-order valence-corrected chi connectivity index (χ1v) is 6.12. The molecule has 0 radical (unpaired) electrons. The number of hydrogen-bond donors (Lipinski definition) is 0. The van der Waals surface area contributed by atoms with Crippen LogP contribution in [0.4, 0.5) is 0 Å². The Kier molecular flexibility index (Phi) is 3.83. The highest BCUT2D eigenvalue weighted by molar-refractivity contribution is 5.33. The molecule has 16 heavy (non-hydrogen) atoms. The van der Waals surface area contributed by atoms with Gasteiger partial charge in [0.15, 0.2) is 0 Å². The predicted octanol–water partition coefficient (Wildman–Crippen LogP) is 3.05. The molecule has 2 nitrogen and oxygen atoms in total. The van der Waals surface area contributed by atoms with Crippen molar-refractivity contribution in [2.45, 2.75) is 32.8 Å². The molecule has 1 heterocycles. The van der Waals surface area contributed by atoms with Crippen LogP contribution in [0.15, 0.2) is 24.3 Å². The van der Waals surface area contributed by atoms with Gasteiger partial charge in [-0.25, -0.2) is 0 Å². The molecular weight excluding hydrogens is 200 g/mol. The Morgan fingerprint density at radius 3 is 2.88 bits per heavy atom. The lowest BCUT2D eigenvalue weighted by Gasteiger charge is -2.13. The maximum Gasteiger partial charge on any atom is 0.122 e. The van der Waals surface area contributed by atoms with Crippen molar-refractivity contribution >= 4 is 0 Å². The van der Waals surface area contributed by atoms with E-state index in [1.54, 1.807) is 0 Å². The molecule has 1 aromatic carbocycles. The maximum absolute atomic E-state index is 5.78. The van der Waals surface area contributed by atoms with Crippen LogP contribution in [0, 0.1) is 5.92 Å². The summed E-state index contributed by atoms with van der Waals surface area (Å²) >= 11 is 0. The Hall–Kier alpha value is -1.02. The monoisotopic (exact) mass is 220 g/mol. The van der Waals surface area contributed by atoms with Crippen LogP contribution in [-0.2, 0) is 11.2 Å². The molecule has 0 N–H and O–H groups in total. The SMILES string of the molecule is CCC(C)Cc1ccccc1OCC1CO1. The van der Waals surface area contributed by atoms with Crippen molar-refractivity contribution in [3.05, 3.63) is 29.8 Å². The fourth-order valence-electron chi connectivity index (χ4n) is 1.68. The van der Waals surface area contributed by atoms with E-state index in [0.29, 0.717) is 18.6 Å². The second-order valence-electron chi connectivity index (χ2n) is 4.59. The van der Waals surface area contributed by atoms with Gasteiger partial charge in [-0.3, -0.25) is 0 Å². The van der Waals surface area contributed by atoms with Crippen LogP contribution < -0.4 is 4.74 Å². The molecule has 0 aromatic heterocycles. The number of ether oxygens (including phenoxy) is 2. The quantitative estimate of drug-likeness (QED) is 0.687. The van der Waals surface area contributed by atoms with Gasteiger partial charge in [-0.05, 0) is 24.0 Å². The van der Waals surface area contributed by atoms with Crippen LogP contribution in [0.5, 0.6) is 5.75 Å². The van der Waals surface area contributed by atoms with Crippen molar-refractivity contribution in [1.82, 2.24) is 0 Å². The van der Waals surface area contributed by atoms with E-state index >= 15 is 0 Å². The van der Waals surface area contributed by atoms with Crippen LogP contribution in [0.2, 0.25) is 0 Å². The van der Waals surface area contributed by atoms with Crippen LogP contribution in [0.1, 0.15) is 25.8 Å². The molecule has 0 bridgehead atoms. The van der Waals surface area contributed by atoms with Crippen molar-refractivity contribution in [3.8, 4) is 5.75 Å². The summed E-state index contributed by atoms with van der Waals surface area (Å²) in [5.74, 6) is 1.74. The molecule has 0 amide bonds. The molecule has 2 unspecified atom stereocenters. The smallest absolute Gasteiger partial charge is 0.122 e. The third-order valence-corrected chi connectivity index (χ3v) is 3.07. The lowest BCUT2D eigenvalue weighted by Crippen LogP contribution is -2.07. The Bertz CT molecular complexity index is 331. The molecule has 0 spiro atoms. The van der Waals surface area contributed by atoms with Gasteiger partial charge in [0.1, 0.15) is 18.5 Å². The Morgan fingerprint density at radius 2 is 2.19 bits per heavy atom. The summed E-state index contributed by atoms with van der Waals surface area (Å²) in [4.78, 5) is 0. The Balaban J connectivity index is 1.97. The van der Waals surface area contributed by atoms with E-state index in [1.165, 1.54) is 12.0 Å². The van der Waals surface area contributed by atoms with Crippen LogP contribution in [0.25, 0.3) is 0 Å². The molecule has 2 heteroatoms. The van der Waals surface area contributed by atoms with Gasteiger partial charge in [-0.1, -0.05) is 38.5 Å². The van der Waals surface area contributed by atoms with E-state index in [1.807, 2.05) is 6.07 Å². The van der Waals surface area contributed by atoms with Gasteiger partial charge >= 0.3 is 0 Å². The van der Waals surface area contributed by atoms with Crippen LogP contribution >= 0.6 is 0 Å². The first-order valence-electron chi connectivity index (χ1n) is 6.12. The molecule has 2 rings (SSSR count). The molecule has 0 saturated carbocycles. The number of para-hydroxylation sites is 1. The van der Waals surface area contributed by atoms with E-state index < -0.39 is 0 Å². The summed E-state index contributed by atoms with van der Waals surface area (Å²) in [6, 6.07) is 8.33. The maximum atomic E-state index is 5.78. The predicted molar refractivity (Wildman–Crippen MR) is 64.8 cm³/mol. The number of hydrogen-bond acceptors (Lipinski definition) is 2. The molecule has 88 valence electrons. The molecular formula is C14H20O2. The summed E-state index contributed by atoms with van der Waals surface area (Å²) in [6.45, 7) is 6.05. The van der Waals surface area contributed by atoms with Crippen molar-refractivity contribution in [2.24, 2.45) is 5.92 Å². The molecule has 1 aliphatic rings. The zero-order valence-electron chi connectivity index (χ0n) is 10.1. The van der Waals surface area contributed by atoms with Crippen LogP contribution in [0.3, 0.4) is 0 Å². The van der Waals surface area contributed by atoms with Crippen molar-refractivity contribution in [3.63, 3.8) is 0 Å². The standard InChI is InChI=1S/C14H20O2/c1-3-11(2)8-12-6-4-5-7-14(12)16-10-13-9-15-13/h4-7,11,13H,3,8-10H2,1-2H3. The zero-order valence-corrected chi connectivity index (χ0v) is 10.1. The van der Waals surface area contributed by atoms with Gasteiger partial charge in [0.25, 0.3) is 0 Å². The third-order valence-electron chi connectivity index (χ3n) is 3.07. The van der Waals surface area contributed by atoms with Gasteiger partial charge in [0, 0.05) is 0 Å². The summed E-state index contributed by atoms with van der Waals surface area (Å²) in [6.07, 6.45) is 2.63. The molecule has 1 fully saturated rings. The van der Waals surface area contributed by atoms with Crippen molar-refractivity contribution in [1.29, 1.82) is 0 Å². The Morgan fingerprint density at radius 1 is 1.44 bits per heavy atom. The lowest BCUT2D eigenvalue weighted by molar-refractivity contribution is 0.260. The number of rotatable bonds is 6. The average Bonchev–Trinajstić information content (AvgIpc) is 3.11. The normalized spacial score (nSPS) is 20.5. The lowest BCUT2D eigenvalue weighted by atomic mass is 9.98. The summed E-state index contributed by atoms with van der Waals surface area (Å²) in [7, 11) is 0. The zero-order chi connectivity index (χ0) is 11.4. The van der Waals surface area contributed by atoms with E-state index in [4.69, 9.17) is 9.47 Å². The average molecular weight is 220 g/mol. The van der Waals surface area contributed by atoms with Crippen LogP contribution in [-0.4, -0.2) is 19.3 Å². The van der Waals surface area contributed by atoms with Gasteiger partial charge in [0.05, 0.1) is 6.61 Å². The molecule has 1 aliphatic heterocycles. The van der Waals surface area contributed by atoms with Crippen molar-refractivity contribution in [2.75, 3.05) is 13.2 Å². The number of epoxide rings is 1. The minimum Gasteiger partial charge on any atom is -0.491 e. The highest BCUT2D eigenvalue weighted by atomic mass is 16.6. The summed E-state index contributed by atoms with van der Waals surface area (Å²) < 4.78 is 10.9. The van der Waals surface area contributed by atoms with E-state index in [9.17, 15) is 0 Å². The minimum atomic E-state index is 0.330. The largest absolute Gasteiger partial charge is 0.491 e. The molecule has 0 aliphatic carbocycles. The minimum absolute atomic E-state index is 0.330. The van der Waals surface area contributed by atoms with Gasteiger partial charge < -0.3 is 9.47 Å². The van der Waals surface area contributed by atoms with E-state index in [-0.39, 0.29) is 0 Å². The molecule has 1 aromatic rings. The number of benzene rings is 1. The fraction of sp³-hybridized carbons (Fsp3) is 0.571. The second kappa shape index (κ2) is 5.35. The first kappa shape index (κ1) is 11.5. The summed E-state index contributed by atoms with van der Waals surface area (Å²) in [5, 5.41) is 0. The highest BCUT2D eigenvalue weighted by Crippen LogP contribution is 2.23. The highest BCUT2D eigenvalue weighted by Gasteiger charge is 2.23. The van der Waals surface area contributed by atoms with Gasteiger partial charge in [-0.2, -0.15) is 0 Å².